The molecule has 0 saturated heterocycles. The number of hydrogen-bond acceptors (Lipinski definition) is 4. The fraction of sp³-hybridized carbons (Fsp3) is 0.455. The Labute approximate surface area is 94.9 Å². The Morgan fingerprint density at radius 3 is 2.75 bits per heavy atom. The lowest BCUT2D eigenvalue weighted by Gasteiger charge is -2.25. The number of hydrogen-bond donors (Lipinski definition) is 2. The molecule has 1 amide bonds. The minimum atomic E-state index is -0.937. The van der Waals surface area contributed by atoms with Gasteiger partial charge in [-0.1, -0.05) is 0 Å². The van der Waals surface area contributed by atoms with Gasteiger partial charge in [0, 0.05) is 19.8 Å². The highest BCUT2D eigenvalue weighted by Gasteiger charge is 2.22. The summed E-state index contributed by atoms with van der Waals surface area (Å²) in [6, 6.07) is 3.29. The summed E-state index contributed by atoms with van der Waals surface area (Å²) in [5.41, 5.74) is 5.27. The Hall–Kier alpha value is -1.62. The number of nitrogen functional groups attached to an aromatic ring is 1. The summed E-state index contributed by atoms with van der Waals surface area (Å²) in [7, 11) is 1.61. The lowest BCUT2D eigenvalue weighted by molar-refractivity contribution is 0.0365. The molecule has 16 heavy (non-hydrogen) atoms. The molecule has 0 atom stereocenters. The Morgan fingerprint density at radius 2 is 2.25 bits per heavy atom. The summed E-state index contributed by atoms with van der Waals surface area (Å²) in [6.07, 6.45) is 1.52. The highest BCUT2D eigenvalue weighted by molar-refractivity contribution is 5.96. The molecule has 0 aliphatic heterocycles. The normalized spacial score (nSPS) is 11.2. The van der Waals surface area contributed by atoms with Crippen LogP contribution >= 0.6 is 0 Å². The maximum Gasteiger partial charge on any atom is 0.274 e. The third-order valence-corrected chi connectivity index (χ3v) is 2.01. The van der Waals surface area contributed by atoms with Crippen LogP contribution in [0.1, 0.15) is 24.3 Å². The maximum atomic E-state index is 11.9. The van der Waals surface area contributed by atoms with Crippen molar-refractivity contribution in [1.29, 1.82) is 0 Å². The van der Waals surface area contributed by atoms with Crippen molar-refractivity contribution in [1.82, 2.24) is 9.88 Å². The summed E-state index contributed by atoms with van der Waals surface area (Å²) in [6.45, 7) is 3.50. The zero-order valence-electron chi connectivity index (χ0n) is 9.77. The fourth-order valence-corrected chi connectivity index (χ4v) is 1.43. The van der Waals surface area contributed by atoms with E-state index >= 15 is 0 Å². The molecule has 88 valence electrons. The fourth-order valence-electron chi connectivity index (χ4n) is 1.43. The van der Waals surface area contributed by atoms with Crippen LogP contribution in [0, 0.1) is 0 Å². The van der Waals surface area contributed by atoms with Gasteiger partial charge in [-0.3, -0.25) is 4.79 Å². The zero-order chi connectivity index (χ0) is 12.3. The van der Waals surface area contributed by atoms with Crippen LogP contribution in [0.3, 0.4) is 0 Å². The molecule has 0 radical (unpaired) electrons. The number of nitrogens with zero attached hydrogens (tertiary/aromatic N) is 2. The maximum absolute atomic E-state index is 11.9. The van der Waals surface area contributed by atoms with E-state index in [1.165, 1.54) is 11.1 Å². The van der Waals surface area contributed by atoms with E-state index in [-0.39, 0.29) is 18.1 Å². The van der Waals surface area contributed by atoms with Gasteiger partial charge in [0.15, 0.2) is 5.69 Å². The first-order chi connectivity index (χ1) is 7.31. The van der Waals surface area contributed by atoms with Gasteiger partial charge in [-0.25, -0.2) is 4.98 Å². The smallest absolute Gasteiger partial charge is 0.274 e. The van der Waals surface area contributed by atoms with Crippen LogP contribution in [-0.4, -0.2) is 40.1 Å². The third kappa shape index (κ3) is 3.20. The number of nitrogens with two attached hydrogens (primary N) is 1. The standard InChI is InChI=1S/C11H17N3O2/c1-11(2,16)7-14(3)10(15)9-8(12)5-4-6-13-9/h4-6,16H,7,12H2,1-3H3. The Kier molecular flexibility index (Phi) is 3.49. The Morgan fingerprint density at radius 1 is 1.62 bits per heavy atom. The summed E-state index contributed by atoms with van der Waals surface area (Å²) in [5.74, 6) is -0.291. The Balaban J connectivity index is 2.83. The molecular formula is C11H17N3O2. The molecule has 5 heteroatoms. The lowest BCUT2D eigenvalue weighted by atomic mass is 10.1. The van der Waals surface area contributed by atoms with Crippen molar-refractivity contribution in [2.75, 3.05) is 19.3 Å². The van der Waals surface area contributed by atoms with Crippen LogP contribution in [0.15, 0.2) is 18.3 Å². The van der Waals surface area contributed by atoms with Gasteiger partial charge in [-0.2, -0.15) is 0 Å². The SMILES string of the molecule is CN(CC(C)(C)O)C(=O)c1ncccc1N. The molecule has 1 aromatic heterocycles. The molecule has 1 heterocycles. The first kappa shape index (κ1) is 12.4. The van der Waals surface area contributed by atoms with Crippen molar-refractivity contribution in [2.45, 2.75) is 19.4 Å². The van der Waals surface area contributed by atoms with Crippen LogP contribution in [0.2, 0.25) is 0 Å². The van der Waals surface area contributed by atoms with Crippen molar-refractivity contribution in [3.8, 4) is 0 Å². The predicted molar refractivity (Wildman–Crippen MR) is 61.9 cm³/mol. The van der Waals surface area contributed by atoms with Crippen molar-refractivity contribution in [3.05, 3.63) is 24.0 Å². The average molecular weight is 223 g/mol. The van der Waals surface area contributed by atoms with Gasteiger partial charge in [0.25, 0.3) is 5.91 Å². The number of aromatic nitrogens is 1. The summed E-state index contributed by atoms with van der Waals surface area (Å²) >= 11 is 0. The highest BCUT2D eigenvalue weighted by Crippen LogP contribution is 2.11. The largest absolute Gasteiger partial charge is 0.397 e. The van der Waals surface area contributed by atoms with Gasteiger partial charge in [0.1, 0.15) is 0 Å². The van der Waals surface area contributed by atoms with Crippen LogP contribution in [-0.2, 0) is 0 Å². The molecule has 0 bridgehead atoms. The van der Waals surface area contributed by atoms with Crippen molar-refractivity contribution < 1.29 is 9.90 Å². The first-order valence-electron chi connectivity index (χ1n) is 4.99. The van der Waals surface area contributed by atoms with Gasteiger partial charge in [-0.15, -0.1) is 0 Å². The summed E-state index contributed by atoms with van der Waals surface area (Å²) in [4.78, 5) is 17.2. The van der Waals surface area contributed by atoms with Crippen molar-refractivity contribution >= 4 is 11.6 Å². The van der Waals surface area contributed by atoms with E-state index in [2.05, 4.69) is 4.98 Å². The lowest BCUT2D eigenvalue weighted by Crippen LogP contribution is -2.40. The molecule has 0 spiro atoms. The topological polar surface area (TPSA) is 79.5 Å². The van der Waals surface area contributed by atoms with Crippen molar-refractivity contribution in [3.63, 3.8) is 0 Å². The highest BCUT2D eigenvalue weighted by atomic mass is 16.3. The zero-order valence-corrected chi connectivity index (χ0v) is 9.77. The number of carbonyl (C=O) groups is 1. The van der Waals surface area contributed by atoms with Gasteiger partial charge < -0.3 is 15.7 Å². The number of aliphatic hydroxyl groups is 1. The average Bonchev–Trinajstić information content (AvgIpc) is 2.15. The van der Waals surface area contributed by atoms with E-state index in [1.54, 1.807) is 33.0 Å². The second kappa shape index (κ2) is 4.49. The number of anilines is 1. The molecule has 0 aliphatic rings. The molecule has 0 fully saturated rings. The molecule has 1 aromatic rings. The molecule has 0 aliphatic carbocycles. The van der Waals surface area contributed by atoms with Crippen LogP contribution < -0.4 is 5.73 Å². The van der Waals surface area contributed by atoms with Crippen molar-refractivity contribution in [2.24, 2.45) is 0 Å². The first-order valence-corrected chi connectivity index (χ1v) is 4.99. The number of rotatable bonds is 3. The molecule has 3 N–H and O–H groups in total. The van der Waals surface area contributed by atoms with Gasteiger partial charge >= 0.3 is 0 Å². The second-order valence-electron chi connectivity index (χ2n) is 4.41. The second-order valence-corrected chi connectivity index (χ2v) is 4.41. The monoisotopic (exact) mass is 223 g/mol. The quantitative estimate of drug-likeness (QED) is 0.782. The van der Waals surface area contributed by atoms with Crippen LogP contribution in [0.25, 0.3) is 0 Å². The summed E-state index contributed by atoms with van der Waals surface area (Å²) in [5, 5.41) is 9.61. The number of amides is 1. The Bertz CT molecular complexity index is 385. The molecular weight excluding hydrogens is 206 g/mol. The molecule has 0 aromatic carbocycles. The number of carbonyl (C=O) groups excluding carboxylic acids is 1. The van der Waals surface area contributed by atoms with Gasteiger partial charge in [0.05, 0.1) is 11.3 Å². The van der Waals surface area contributed by atoms with E-state index in [0.29, 0.717) is 5.69 Å². The third-order valence-electron chi connectivity index (χ3n) is 2.01. The van der Waals surface area contributed by atoms with Gasteiger partial charge in [0.2, 0.25) is 0 Å². The molecule has 5 nitrogen and oxygen atoms in total. The van der Waals surface area contributed by atoms with E-state index in [4.69, 9.17) is 5.73 Å². The van der Waals surface area contributed by atoms with E-state index in [1.807, 2.05) is 0 Å². The van der Waals surface area contributed by atoms with E-state index in [9.17, 15) is 9.90 Å². The van der Waals surface area contributed by atoms with Crippen LogP contribution in [0.5, 0.6) is 0 Å². The predicted octanol–water partition coefficient (Wildman–Crippen LogP) is 0.507. The summed E-state index contributed by atoms with van der Waals surface area (Å²) < 4.78 is 0. The number of pyridine rings is 1. The minimum Gasteiger partial charge on any atom is -0.397 e. The molecule has 1 rings (SSSR count). The van der Waals surface area contributed by atoms with Gasteiger partial charge in [-0.05, 0) is 26.0 Å². The number of likely N-dealkylation sites (N-methyl/N-ethyl adjacent to an activating group) is 1. The van der Waals surface area contributed by atoms with Crippen LogP contribution in [0.4, 0.5) is 5.69 Å². The van der Waals surface area contributed by atoms with E-state index < -0.39 is 5.60 Å². The molecule has 0 unspecified atom stereocenters. The molecule has 0 saturated carbocycles. The minimum absolute atomic E-state index is 0.217. The van der Waals surface area contributed by atoms with E-state index in [0.717, 1.165) is 0 Å².